The van der Waals surface area contributed by atoms with Crippen molar-refractivity contribution in [2.75, 3.05) is 12.4 Å². The number of ether oxygens (including phenoxy) is 1. The van der Waals surface area contributed by atoms with Gasteiger partial charge in [0.25, 0.3) is 0 Å². The maximum Gasteiger partial charge on any atom is 0.373 e. The molecule has 0 unspecified atom stereocenters. The summed E-state index contributed by atoms with van der Waals surface area (Å²) in [6.45, 7) is 0. The molecule has 0 bridgehead atoms. The van der Waals surface area contributed by atoms with Crippen LogP contribution in [0, 0.1) is 21.7 Å². The lowest BCUT2D eigenvalue weighted by Crippen LogP contribution is -2.04. The van der Waals surface area contributed by atoms with Crippen LogP contribution in [0.4, 0.5) is 20.3 Å². The number of rotatable bonds is 4. The Labute approximate surface area is 111 Å². The lowest BCUT2D eigenvalue weighted by molar-refractivity contribution is -0.385. The molecule has 0 aliphatic rings. The third kappa shape index (κ3) is 2.46. The zero-order chi connectivity index (χ0) is 14.7. The van der Waals surface area contributed by atoms with Crippen molar-refractivity contribution in [2.24, 2.45) is 0 Å². The second-order valence-electron chi connectivity index (χ2n) is 3.54. The number of hydrogen-bond acceptors (Lipinski definition) is 6. The van der Waals surface area contributed by atoms with Crippen LogP contribution < -0.4 is 10.1 Å². The molecule has 1 aromatic carbocycles. The standard InChI is InChI=1S/C11H8F2N4O3/c1-14-10-9(17(18)19)11(16-5-15-10)20-7-4-2-3-6(12)8(7)13/h2-5H,1H3,(H,14,15,16). The molecule has 0 saturated carbocycles. The van der Waals surface area contributed by atoms with Gasteiger partial charge in [-0.05, 0) is 12.1 Å². The fraction of sp³-hybridized carbons (Fsp3) is 0.0909. The molecule has 104 valence electrons. The highest BCUT2D eigenvalue weighted by Gasteiger charge is 2.25. The van der Waals surface area contributed by atoms with E-state index in [2.05, 4.69) is 15.3 Å². The SMILES string of the molecule is CNc1ncnc(Oc2cccc(F)c2F)c1[N+](=O)[O-]. The smallest absolute Gasteiger partial charge is 0.373 e. The molecule has 1 N–H and O–H groups in total. The Morgan fingerprint density at radius 2 is 2.10 bits per heavy atom. The molecule has 0 aliphatic carbocycles. The van der Waals surface area contributed by atoms with Crippen molar-refractivity contribution >= 4 is 11.5 Å². The Balaban J connectivity index is 2.48. The van der Waals surface area contributed by atoms with Gasteiger partial charge in [0.05, 0.1) is 4.92 Å². The van der Waals surface area contributed by atoms with Crippen LogP contribution in [0.1, 0.15) is 0 Å². The first kappa shape index (κ1) is 13.6. The highest BCUT2D eigenvalue weighted by molar-refractivity contribution is 5.61. The zero-order valence-electron chi connectivity index (χ0n) is 10.1. The van der Waals surface area contributed by atoms with E-state index in [0.29, 0.717) is 0 Å². The molecule has 0 fully saturated rings. The Hall–Kier alpha value is -2.84. The fourth-order valence-electron chi connectivity index (χ4n) is 1.45. The minimum absolute atomic E-state index is 0.100. The molecule has 0 saturated heterocycles. The van der Waals surface area contributed by atoms with Crippen LogP contribution >= 0.6 is 0 Å². The summed E-state index contributed by atoms with van der Waals surface area (Å²) < 4.78 is 31.5. The predicted molar refractivity (Wildman–Crippen MR) is 64.7 cm³/mol. The van der Waals surface area contributed by atoms with Gasteiger partial charge in [-0.1, -0.05) is 6.07 Å². The average Bonchev–Trinajstić information content (AvgIpc) is 2.43. The van der Waals surface area contributed by atoms with Gasteiger partial charge in [0.2, 0.25) is 11.6 Å². The van der Waals surface area contributed by atoms with Crippen molar-refractivity contribution in [1.82, 2.24) is 9.97 Å². The maximum atomic E-state index is 13.5. The molecule has 0 atom stereocenters. The van der Waals surface area contributed by atoms with Crippen molar-refractivity contribution in [3.05, 3.63) is 46.3 Å². The summed E-state index contributed by atoms with van der Waals surface area (Å²) >= 11 is 0. The Morgan fingerprint density at radius 1 is 1.35 bits per heavy atom. The van der Waals surface area contributed by atoms with E-state index in [1.807, 2.05) is 0 Å². The lowest BCUT2D eigenvalue weighted by atomic mass is 10.3. The minimum Gasteiger partial charge on any atom is -0.430 e. The number of nitrogens with one attached hydrogen (secondary N) is 1. The second-order valence-corrected chi connectivity index (χ2v) is 3.54. The van der Waals surface area contributed by atoms with Gasteiger partial charge in [0.15, 0.2) is 11.6 Å². The number of anilines is 1. The lowest BCUT2D eigenvalue weighted by Gasteiger charge is -2.08. The summed E-state index contributed by atoms with van der Waals surface area (Å²) in [5, 5.41) is 13.5. The van der Waals surface area contributed by atoms with Gasteiger partial charge in [0, 0.05) is 7.05 Å². The molecule has 2 rings (SSSR count). The topological polar surface area (TPSA) is 90.2 Å². The normalized spacial score (nSPS) is 10.2. The number of halogens is 2. The van der Waals surface area contributed by atoms with Crippen molar-refractivity contribution < 1.29 is 18.4 Å². The summed E-state index contributed by atoms with van der Waals surface area (Å²) in [4.78, 5) is 17.4. The van der Waals surface area contributed by atoms with Gasteiger partial charge in [-0.3, -0.25) is 10.1 Å². The first-order valence-electron chi connectivity index (χ1n) is 5.33. The van der Waals surface area contributed by atoms with Crippen LogP contribution in [0.15, 0.2) is 24.5 Å². The van der Waals surface area contributed by atoms with E-state index in [0.717, 1.165) is 18.5 Å². The quantitative estimate of drug-likeness (QED) is 0.684. The molecule has 0 spiro atoms. The van der Waals surface area contributed by atoms with Crippen LogP contribution in [-0.4, -0.2) is 21.9 Å². The van der Waals surface area contributed by atoms with Crippen molar-refractivity contribution in [2.45, 2.75) is 0 Å². The molecule has 0 amide bonds. The van der Waals surface area contributed by atoms with Crippen molar-refractivity contribution in [3.8, 4) is 11.6 Å². The zero-order valence-corrected chi connectivity index (χ0v) is 10.1. The maximum absolute atomic E-state index is 13.5. The Kier molecular flexibility index (Phi) is 3.69. The molecule has 1 heterocycles. The monoisotopic (exact) mass is 282 g/mol. The van der Waals surface area contributed by atoms with Crippen LogP contribution in [0.3, 0.4) is 0 Å². The van der Waals surface area contributed by atoms with E-state index >= 15 is 0 Å². The summed E-state index contributed by atoms with van der Waals surface area (Å²) in [6.07, 6.45) is 1.01. The first-order valence-corrected chi connectivity index (χ1v) is 5.33. The van der Waals surface area contributed by atoms with Crippen molar-refractivity contribution in [3.63, 3.8) is 0 Å². The number of aromatic nitrogens is 2. The fourth-order valence-corrected chi connectivity index (χ4v) is 1.45. The highest BCUT2D eigenvalue weighted by atomic mass is 19.2. The van der Waals surface area contributed by atoms with Crippen molar-refractivity contribution in [1.29, 1.82) is 0 Å². The predicted octanol–water partition coefficient (Wildman–Crippen LogP) is 2.50. The number of benzene rings is 1. The molecular weight excluding hydrogens is 274 g/mol. The molecule has 2 aromatic rings. The van der Waals surface area contributed by atoms with Gasteiger partial charge in [-0.2, -0.15) is 9.37 Å². The largest absolute Gasteiger partial charge is 0.430 e. The Bertz CT molecular complexity index is 666. The highest BCUT2D eigenvalue weighted by Crippen LogP contribution is 2.34. The molecule has 1 aromatic heterocycles. The summed E-state index contributed by atoms with van der Waals surface area (Å²) in [5.41, 5.74) is -0.571. The summed E-state index contributed by atoms with van der Waals surface area (Å²) in [6, 6.07) is 3.23. The van der Waals surface area contributed by atoms with E-state index in [1.54, 1.807) is 0 Å². The molecule has 9 heteroatoms. The van der Waals surface area contributed by atoms with E-state index in [1.165, 1.54) is 13.1 Å². The average molecular weight is 282 g/mol. The third-order valence-electron chi connectivity index (χ3n) is 2.33. The molecule has 0 radical (unpaired) electrons. The van der Waals surface area contributed by atoms with Gasteiger partial charge >= 0.3 is 11.6 Å². The minimum atomic E-state index is -1.26. The van der Waals surface area contributed by atoms with E-state index < -0.39 is 33.9 Å². The van der Waals surface area contributed by atoms with Gasteiger partial charge in [0.1, 0.15) is 6.33 Å². The summed E-state index contributed by atoms with van der Waals surface area (Å²) in [5.74, 6) is -3.48. The number of nitrogens with zero attached hydrogens (tertiary/aromatic N) is 3. The molecule has 7 nitrogen and oxygen atoms in total. The second kappa shape index (κ2) is 5.43. The summed E-state index contributed by atoms with van der Waals surface area (Å²) in [7, 11) is 1.42. The first-order chi connectivity index (χ1) is 9.54. The van der Waals surface area contributed by atoms with Gasteiger partial charge < -0.3 is 10.1 Å². The third-order valence-corrected chi connectivity index (χ3v) is 2.33. The van der Waals surface area contributed by atoms with Crippen LogP contribution in [-0.2, 0) is 0 Å². The van der Waals surface area contributed by atoms with Crippen LogP contribution in [0.25, 0.3) is 0 Å². The van der Waals surface area contributed by atoms with E-state index in [9.17, 15) is 18.9 Å². The van der Waals surface area contributed by atoms with Gasteiger partial charge in [-0.15, -0.1) is 0 Å². The van der Waals surface area contributed by atoms with E-state index in [4.69, 9.17) is 4.74 Å². The number of hydrogen-bond donors (Lipinski definition) is 1. The van der Waals surface area contributed by atoms with E-state index in [-0.39, 0.29) is 5.82 Å². The Morgan fingerprint density at radius 3 is 2.75 bits per heavy atom. The van der Waals surface area contributed by atoms with Gasteiger partial charge in [-0.25, -0.2) is 9.37 Å². The number of nitro groups is 1. The van der Waals surface area contributed by atoms with Crippen LogP contribution in [0.5, 0.6) is 11.6 Å². The van der Waals surface area contributed by atoms with Crippen LogP contribution in [0.2, 0.25) is 0 Å². The molecule has 0 aliphatic heterocycles. The molecular formula is C11H8F2N4O3. The molecule has 20 heavy (non-hydrogen) atoms.